The van der Waals surface area contributed by atoms with E-state index in [-0.39, 0.29) is 11.1 Å². The molecule has 0 spiro atoms. The van der Waals surface area contributed by atoms with Crippen LogP contribution in [0.5, 0.6) is 0 Å². The number of hydrogen-bond acceptors (Lipinski definition) is 4. The maximum absolute atomic E-state index is 12.6. The van der Waals surface area contributed by atoms with Crippen LogP contribution >= 0.6 is 0 Å². The normalized spacial score (nSPS) is 10.9. The standard InChI is InChI=1S/C21H18N2O4S/c1-28(26,27)23-21(25)19-10-6-5-9-18(19)20(24)22-17-13-11-16(12-14-17)15-7-3-2-4-8-15/h2-14H,1H3,(H,22,24)(H,23,25). The molecule has 0 atom stereocenters. The third-order valence-corrected chi connectivity index (χ3v) is 4.50. The Kier molecular flexibility index (Phi) is 5.56. The highest BCUT2D eigenvalue weighted by Crippen LogP contribution is 2.21. The second kappa shape index (κ2) is 8.06. The monoisotopic (exact) mass is 394 g/mol. The van der Waals surface area contributed by atoms with E-state index >= 15 is 0 Å². The van der Waals surface area contributed by atoms with Gasteiger partial charge in [-0.15, -0.1) is 0 Å². The smallest absolute Gasteiger partial charge is 0.265 e. The molecule has 142 valence electrons. The van der Waals surface area contributed by atoms with Crippen molar-refractivity contribution in [2.45, 2.75) is 0 Å². The van der Waals surface area contributed by atoms with Gasteiger partial charge in [0, 0.05) is 5.69 Å². The van der Waals surface area contributed by atoms with Crippen LogP contribution in [0.15, 0.2) is 78.9 Å². The number of hydrogen-bond donors (Lipinski definition) is 2. The maximum atomic E-state index is 12.6. The molecule has 7 heteroatoms. The molecule has 2 amide bonds. The van der Waals surface area contributed by atoms with Crippen LogP contribution in [0.2, 0.25) is 0 Å². The van der Waals surface area contributed by atoms with Crippen LogP contribution < -0.4 is 10.0 Å². The maximum Gasteiger partial charge on any atom is 0.265 e. The second-order valence-corrected chi connectivity index (χ2v) is 7.89. The fourth-order valence-electron chi connectivity index (χ4n) is 2.68. The van der Waals surface area contributed by atoms with E-state index in [0.29, 0.717) is 5.69 Å². The molecular formula is C21H18N2O4S. The zero-order valence-electron chi connectivity index (χ0n) is 15.0. The molecule has 3 aromatic rings. The van der Waals surface area contributed by atoms with Crippen molar-refractivity contribution in [1.29, 1.82) is 0 Å². The third kappa shape index (κ3) is 4.83. The second-order valence-electron chi connectivity index (χ2n) is 6.15. The molecule has 0 saturated carbocycles. The van der Waals surface area contributed by atoms with Crippen molar-refractivity contribution in [3.8, 4) is 11.1 Å². The molecule has 28 heavy (non-hydrogen) atoms. The van der Waals surface area contributed by atoms with Gasteiger partial charge in [0.05, 0.1) is 17.4 Å². The first-order chi connectivity index (χ1) is 13.3. The van der Waals surface area contributed by atoms with Crippen molar-refractivity contribution in [1.82, 2.24) is 4.72 Å². The molecule has 0 unspecified atom stereocenters. The van der Waals surface area contributed by atoms with E-state index in [1.54, 1.807) is 24.3 Å². The first kappa shape index (κ1) is 19.3. The van der Waals surface area contributed by atoms with Gasteiger partial charge >= 0.3 is 0 Å². The van der Waals surface area contributed by atoms with E-state index in [2.05, 4.69) is 5.32 Å². The lowest BCUT2D eigenvalue weighted by molar-refractivity contribution is 0.0963. The Balaban J connectivity index is 1.79. The first-order valence-corrected chi connectivity index (χ1v) is 10.3. The molecule has 0 aliphatic carbocycles. The Morgan fingerprint density at radius 1 is 0.679 bits per heavy atom. The van der Waals surface area contributed by atoms with Crippen molar-refractivity contribution < 1.29 is 18.0 Å². The first-order valence-electron chi connectivity index (χ1n) is 8.41. The van der Waals surface area contributed by atoms with Crippen LogP contribution in [0.4, 0.5) is 5.69 Å². The molecule has 2 N–H and O–H groups in total. The van der Waals surface area contributed by atoms with Gasteiger partial charge in [-0.05, 0) is 35.4 Å². The quantitative estimate of drug-likeness (QED) is 0.694. The number of nitrogens with one attached hydrogen (secondary N) is 2. The predicted molar refractivity (Wildman–Crippen MR) is 109 cm³/mol. The summed E-state index contributed by atoms with van der Waals surface area (Å²) in [7, 11) is -3.74. The highest BCUT2D eigenvalue weighted by molar-refractivity contribution is 7.89. The molecule has 0 aromatic heterocycles. The Hall–Kier alpha value is -3.45. The molecule has 0 aliphatic heterocycles. The molecule has 0 saturated heterocycles. The lowest BCUT2D eigenvalue weighted by Crippen LogP contribution is -2.31. The molecule has 0 aliphatic rings. The fourth-order valence-corrected chi connectivity index (χ4v) is 3.12. The van der Waals surface area contributed by atoms with Crippen LogP contribution in [0, 0.1) is 0 Å². The van der Waals surface area contributed by atoms with Gasteiger partial charge in [-0.25, -0.2) is 13.1 Å². The number of carbonyl (C=O) groups is 2. The number of sulfonamides is 1. The topological polar surface area (TPSA) is 92.3 Å². The fraction of sp³-hybridized carbons (Fsp3) is 0.0476. The minimum atomic E-state index is -3.74. The minimum absolute atomic E-state index is 0.0219. The molecule has 0 radical (unpaired) electrons. The van der Waals surface area contributed by atoms with E-state index in [0.717, 1.165) is 17.4 Å². The third-order valence-electron chi connectivity index (χ3n) is 3.94. The van der Waals surface area contributed by atoms with Gasteiger partial charge < -0.3 is 5.32 Å². The summed E-state index contributed by atoms with van der Waals surface area (Å²) in [5.41, 5.74) is 2.68. The Bertz CT molecular complexity index is 1110. The van der Waals surface area contributed by atoms with Crippen LogP contribution in [0.1, 0.15) is 20.7 Å². The number of amides is 2. The minimum Gasteiger partial charge on any atom is -0.322 e. The summed E-state index contributed by atoms with van der Waals surface area (Å²) in [4.78, 5) is 24.8. The lowest BCUT2D eigenvalue weighted by Gasteiger charge is -2.10. The Morgan fingerprint density at radius 2 is 1.18 bits per heavy atom. The summed E-state index contributed by atoms with van der Waals surface area (Å²) >= 11 is 0. The van der Waals surface area contributed by atoms with Crippen molar-refractivity contribution in [3.63, 3.8) is 0 Å². The van der Waals surface area contributed by atoms with Crippen molar-refractivity contribution >= 4 is 27.5 Å². The molecule has 0 heterocycles. The summed E-state index contributed by atoms with van der Waals surface area (Å²) in [5, 5.41) is 2.73. The predicted octanol–water partition coefficient (Wildman–Crippen LogP) is 3.30. The van der Waals surface area contributed by atoms with Gasteiger partial charge in [0.25, 0.3) is 11.8 Å². The molecule has 6 nitrogen and oxygen atoms in total. The number of carbonyl (C=O) groups excluding carboxylic acids is 2. The van der Waals surface area contributed by atoms with Gasteiger partial charge in [0.1, 0.15) is 0 Å². The molecular weight excluding hydrogens is 376 g/mol. The van der Waals surface area contributed by atoms with Gasteiger partial charge in [0.2, 0.25) is 10.0 Å². The van der Waals surface area contributed by atoms with E-state index in [1.807, 2.05) is 47.2 Å². The largest absolute Gasteiger partial charge is 0.322 e. The van der Waals surface area contributed by atoms with Crippen LogP contribution in [0.25, 0.3) is 11.1 Å². The lowest BCUT2D eigenvalue weighted by atomic mass is 10.0. The number of anilines is 1. The Labute approximate surface area is 163 Å². The SMILES string of the molecule is CS(=O)(=O)NC(=O)c1ccccc1C(=O)Nc1ccc(-c2ccccc2)cc1. The van der Waals surface area contributed by atoms with Crippen molar-refractivity contribution in [3.05, 3.63) is 90.0 Å². The van der Waals surface area contributed by atoms with Crippen LogP contribution in [0.3, 0.4) is 0 Å². The zero-order valence-corrected chi connectivity index (χ0v) is 15.9. The van der Waals surface area contributed by atoms with E-state index < -0.39 is 21.8 Å². The zero-order chi connectivity index (χ0) is 20.1. The summed E-state index contributed by atoms with van der Waals surface area (Å²) in [6, 6.07) is 23.1. The average Bonchev–Trinajstić information content (AvgIpc) is 2.68. The number of benzene rings is 3. The average molecular weight is 394 g/mol. The van der Waals surface area contributed by atoms with Gasteiger partial charge in [0.15, 0.2) is 0 Å². The van der Waals surface area contributed by atoms with Gasteiger partial charge in [-0.3, -0.25) is 9.59 Å². The van der Waals surface area contributed by atoms with Crippen LogP contribution in [-0.2, 0) is 10.0 Å². The molecule has 0 fully saturated rings. The van der Waals surface area contributed by atoms with E-state index in [1.165, 1.54) is 12.1 Å². The highest BCUT2D eigenvalue weighted by atomic mass is 32.2. The van der Waals surface area contributed by atoms with E-state index in [4.69, 9.17) is 0 Å². The molecule has 3 rings (SSSR count). The molecule has 0 bridgehead atoms. The summed E-state index contributed by atoms with van der Waals surface area (Å²) in [6.07, 6.45) is 0.877. The van der Waals surface area contributed by atoms with Crippen molar-refractivity contribution in [2.75, 3.05) is 11.6 Å². The summed E-state index contributed by atoms with van der Waals surface area (Å²) in [5.74, 6) is -1.36. The number of rotatable bonds is 5. The van der Waals surface area contributed by atoms with Gasteiger partial charge in [-0.2, -0.15) is 0 Å². The van der Waals surface area contributed by atoms with Gasteiger partial charge in [-0.1, -0.05) is 54.6 Å². The van der Waals surface area contributed by atoms with Crippen molar-refractivity contribution in [2.24, 2.45) is 0 Å². The summed E-state index contributed by atoms with van der Waals surface area (Å²) < 4.78 is 24.5. The van der Waals surface area contributed by atoms with E-state index in [9.17, 15) is 18.0 Å². The molecule has 3 aromatic carbocycles. The van der Waals surface area contributed by atoms with Crippen LogP contribution in [-0.4, -0.2) is 26.5 Å². The highest BCUT2D eigenvalue weighted by Gasteiger charge is 2.19. The Morgan fingerprint density at radius 3 is 1.75 bits per heavy atom. The summed E-state index contributed by atoms with van der Waals surface area (Å²) in [6.45, 7) is 0.